The number of halogens is 1. The summed E-state index contributed by atoms with van der Waals surface area (Å²) in [5.74, 6) is -0.303. The van der Waals surface area contributed by atoms with E-state index in [9.17, 15) is 8.42 Å². The second kappa shape index (κ2) is 4.79. The highest BCUT2D eigenvalue weighted by Crippen LogP contribution is 2.52. The van der Waals surface area contributed by atoms with Gasteiger partial charge in [0.05, 0.1) is 10.2 Å². The fourth-order valence-corrected chi connectivity index (χ4v) is 4.78. The molecule has 3 atom stereocenters. The van der Waals surface area contributed by atoms with Crippen molar-refractivity contribution in [2.24, 2.45) is 11.7 Å². The molecule has 1 aliphatic carbocycles. The predicted molar refractivity (Wildman–Crippen MR) is 77.7 cm³/mol. The lowest BCUT2D eigenvalue weighted by atomic mass is 10.1. The summed E-state index contributed by atoms with van der Waals surface area (Å²) < 4.78 is 24.0. The van der Waals surface area contributed by atoms with Gasteiger partial charge in [-0.05, 0) is 17.7 Å². The van der Waals surface area contributed by atoms with Gasteiger partial charge in [0.1, 0.15) is 0 Å². The molecule has 0 aromatic heterocycles. The maximum absolute atomic E-state index is 12.0. The SMILES string of the molecule is CCS(=O)(=O)[C@@H]1[C@@H](C(N)=S)[C@H]1c1cccc(Cl)c1. The summed E-state index contributed by atoms with van der Waals surface area (Å²) in [5, 5.41) is 0.104. The first-order chi connectivity index (χ1) is 8.38. The van der Waals surface area contributed by atoms with Crippen molar-refractivity contribution < 1.29 is 8.42 Å². The highest BCUT2D eigenvalue weighted by atomic mass is 35.5. The lowest BCUT2D eigenvalue weighted by Crippen LogP contribution is -2.18. The summed E-state index contributed by atoms with van der Waals surface area (Å²) in [5.41, 5.74) is 6.53. The molecule has 18 heavy (non-hydrogen) atoms. The highest BCUT2D eigenvalue weighted by molar-refractivity contribution is 7.92. The van der Waals surface area contributed by atoms with E-state index >= 15 is 0 Å². The molecule has 6 heteroatoms. The van der Waals surface area contributed by atoms with E-state index in [0.29, 0.717) is 5.02 Å². The largest absolute Gasteiger partial charge is 0.393 e. The van der Waals surface area contributed by atoms with Crippen molar-refractivity contribution in [3.05, 3.63) is 34.9 Å². The van der Waals surface area contributed by atoms with E-state index in [0.717, 1.165) is 5.56 Å². The van der Waals surface area contributed by atoms with E-state index < -0.39 is 15.1 Å². The molecule has 0 heterocycles. The van der Waals surface area contributed by atoms with Crippen LogP contribution in [0.2, 0.25) is 5.02 Å². The average molecular weight is 304 g/mol. The van der Waals surface area contributed by atoms with Crippen molar-refractivity contribution in [3.63, 3.8) is 0 Å². The summed E-state index contributed by atoms with van der Waals surface area (Å²) >= 11 is 10.9. The number of sulfone groups is 1. The van der Waals surface area contributed by atoms with Gasteiger partial charge in [-0.1, -0.05) is 42.9 Å². The van der Waals surface area contributed by atoms with E-state index in [2.05, 4.69) is 0 Å². The van der Waals surface area contributed by atoms with Crippen LogP contribution in [0.1, 0.15) is 18.4 Å². The molecule has 1 fully saturated rings. The first-order valence-electron chi connectivity index (χ1n) is 5.65. The number of hydrogen-bond donors (Lipinski definition) is 1. The monoisotopic (exact) mass is 303 g/mol. The van der Waals surface area contributed by atoms with Gasteiger partial charge in [-0.25, -0.2) is 8.42 Å². The van der Waals surface area contributed by atoms with Crippen LogP contribution in [0.5, 0.6) is 0 Å². The van der Waals surface area contributed by atoms with Crippen LogP contribution in [0.25, 0.3) is 0 Å². The molecule has 1 aromatic carbocycles. The van der Waals surface area contributed by atoms with Gasteiger partial charge in [0.25, 0.3) is 0 Å². The van der Waals surface area contributed by atoms with Gasteiger partial charge in [-0.3, -0.25) is 0 Å². The lowest BCUT2D eigenvalue weighted by Gasteiger charge is -2.01. The third-order valence-electron chi connectivity index (χ3n) is 3.33. The van der Waals surface area contributed by atoms with Crippen LogP contribution in [-0.4, -0.2) is 24.4 Å². The maximum atomic E-state index is 12.0. The Balaban J connectivity index is 2.37. The Labute approximate surface area is 117 Å². The quantitative estimate of drug-likeness (QED) is 0.866. The van der Waals surface area contributed by atoms with E-state index in [1.165, 1.54) is 0 Å². The van der Waals surface area contributed by atoms with Crippen LogP contribution < -0.4 is 5.73 Å². The van der Waals surface area contributed by atoms with Crippen LogP contribution in [-0.2, 0) is 9.84 Å². The molecule has 0 radical (unpaired) electrons. The number of nitrogens with two attached hydrogens (primary N) is 1. The summed E-state index contributed by atoms with van der Waals surface area (Å²) in [6.07, 6.45) is 0. The Morgan fingerprint density at radius 3 is 2.67 bits per heavy atom. The highest BCUT2D eigenvalue weighted by Gasteiger charge is 2.59. The molecule has 1 aliphatic rings. The summed E-state index contributed by atoms with van der Waals surface area (Å²) in [7, 11) is -3.14. The number of thiocarbonyl (C=S) groups is 1. The van der Waals surface area contributed by atoms with Crippen molar-refractivity contribution in [1.82, 2.24) is 0 Å². The number of benzene rings is 1. The van der Waals surface area contributed by atoms with Crippen molar-refractivity contribution in [2.75, 3.05) is 5.75 Å². The molecule has 0 spiro atoms. The molecule has 2 rings (SSSR count). The zero-order valence-electron chi connectivity index (χ0n) is 9.84. The second-order valence-corrected chi connectivity index (χ2v) is 7.78. The first-order valence-corrected chi connectivity index (χ1v) is 8.15. The molecule has 0 unspecified atom stereocenters. The first kappa shape index (κ1) is 13.8. The van der Waals surface area contributed by atoms with Gasteiger partial charge >= 0.3 is 0 Å². The minimum Gasteiger partial charge on any atom is -0.393 e. The molecule has 2 N–H and O–H groups in total. The molecular formula is C12H14ClNO2S2. The number of hydrogen-bond acceptors (Lipinski definition) is 3. The summed E-state index contributed by atoms with van der Waals surface area (Å²) in [4.78, 5) is 0.266. The Bertz CT molecular complexity index is 585. The second-order valence-electron chi connectivity index (χ2n) is 4.43. The molecule has 0 saturated heterocycles. The molecule has 3 nitrogen and oxygen atoms in total. The third kappa shape index (κ3) is 2.39. The Kier molecular flexibility index (Phi) is 3.67. The van der Waals surface area contributed by atoms with Crippen molar-refractivity contribution in [3.8, 4) is 0 Å². The molecule has 1 aromatic rings. The van der Waals surface area contributed by atoms with Gasteiger partial charge in [0.15, 0.2) is 9.84 Å². The molecule has 0 aliphatic heterocycles. The smallest absolute Gasteiger partial charge is 0.154 e. The van der Waals surface area contributed by atoms with Crippen molar-refractivity contribution in [2.45, 2.75) is 18.1 Å². The van der Waals surface area contributed by atoms with Gasteiger partial charge in [0, 0.05) is 22.6 Å². The van der Waals surface area contributed by atoms with Crippen molar-refractivity contribution in [1.29, 1.82) is 0 Å². The Morgan fingerprint density at radius 1 is 1.50 bits per heavy atom. The van der Waals surface area contributed by atoms with Crippen molar-refractivity contribution >= 4 is 38.6 Å². The zero-order valence-corrected chi connectivity index (χ0v) is 12.2. The van der Waals surface area contributed by atoms with E-state index in [-0.39, 0.29) is 22.6 Å². The summed E-state index contributed by atoms with van der Waals surface area (Å²) in [6.45, 7) is 1.64. The molecular weight excluding hydrogens is 290 g/mol. The maximum Gasteiger partial charge on any atom is 0.154 e. The topological polar surface area (TPSA) is 60.2 Å². The normalized spacial score (nSPS) is 26.9. The van der Waals surface area contributed by atoms with Gasteiger partial charge in [-0.15, -0.1) is 0 Å². The number of rotatable bonds is 4. The van der Waals surface area contributed by atoms with E-state index in [1.54, 1.807) is 19.1 Å². The molecule has 1 saturated carbocycles. The van der Waals surface area contributed by atoms with E-state index in [1.807, 2.05) is 12.1 Å². The van der Waals surface area contributed by atoms with Gasteiger partial charge < -0.3 is 5.73 Å². The zero-order chi connectivity index (χ0) is 13.5. The van der Waals surface area contributed by atoms with Gasteiger partial charge in [0.2, 0.25) is 0 Å². The minimum absolute atomic E-state index is 0.105. The third-order valence-corrected chi connectivity index (χ3v) is 6.06. The van der Waals surface area contributed by atoms with Crippen LogP contribution in [0, 0.1) is 5.92 Å². The minimum atomic E-state index is -3.14. The van der Waals surface area contributed by atoms with E-state index in [4.69, 9.17) is 29.6 Å². The Hall–Kier alpha value is -0.650. The van der Waals surface area contributed by atoms with Crippen LogP contribution in [0.3, 0.4) is 0 Å². The Morgan fingerprint density at radius 2 is 2.17 bits per heavy atom. The van der Waals surface area contributed by atoms with Crippen LogP contribution in [0.15, 0.2) is 24.3 Å². The summed E-state index contributed by atoms with van der Waals surface area (Å²) in [6, 6.07) is 7.21. The fourth-order valence-electron chi connectivity index (χ4n) is 2.37. The molecule has 0 bridgehead atoms. The van der Waals surface area contributed by atoms with Crippen LogP contribution >= 0.6 is 23.8 Å². The lowest BCUT2D eigenvalue weighted by molar-refractivity contribution is 0.594. The van der Waals surface area contributed by atoms with Gasteiger partial charge in [-0.2, -0.15) is 0 Å². The standard InChI is InChI=1S/C12H14ClNO2S2/c1-2-18(15,16)11-9(10(11)12(14)17)7-4-3-5-8(13)6-7/h3-6,9-11H,2H2,1H3,(H2,14,17)/t9-,10+,11+/m1/s1. The predicted octanol–water partition coefficient (Wildman–Crippen LogP) is 2.14. The average Bonchev–Trinajstić information content (AvgIpc) is 3.05. The molecule has 0 amide bonds. The fraction of sp³-hybridized carbons (Fsp3) is 0.417. The molecule has 98 valence electrons. The van der Waals surface area contributed by atoms with Crippen LogP contribution in [0.4, 0.5) is 0 Å².